The minimum Gasteiger partial charge on any atom is -0.326 e. The van der Waals surface area contributed by atoms with Crippen LogP contribution in [-0.2, 0) is 16.0 Å². The predicted octanol–water partition coefficient (Wildman–Crippen LogP) is 5.49. The van der Waals surface area contributed by atoms with Crippen LogP contribution in [0, 0.1) is 0 Å². The van der Waals surface area contributed by atoms with E-state index in [0.29, 0.717) is 18.0 Å². The highest BCUT2D eigenvalue weighted by molar-refractivity contribution is 7.14. The van der Waals surface area contributed by atoms with E-state index in [1.165, 1.54) is 29.0 Å². The van der Waals surface area contributed by atoms with Crippen LogP contribution in [0.15, 0.2) is 72.1 Å². The fourth-order valence-electron chi connectivity index (χ4n) is 3.23. The molecule has 1 aromatic heterocycles. The summed E-state index contributed by atoms with van der Waals surface area (Å²) >= 11 is 1.40. The fourth-order valence-corrected chi connectivity index (χ4v) is 3.96. The van der Waals surface area contributed by atoms with Crippen LogP contribution < -0.4 is 10.6 Å². The summed E-state index contributed by atoms with van der Waals surface area (Å²) in [5.41, 5.74) is 3.60. The number of hydrogen-bond donors (Lipinski definition) is 2. The summed E-state index contributed by atoms with van der Waals surface area (Å²) in [6, 6.07) is 22.0. The Labute approximate surface area is 178 Å². The first-order valence-corrected chi connectivity index (χ1v) is 10.6. The Balaban J connectivity index is 1.34. The van der Waals surface area contributed by atoms with E-state index < -0.39 is 0 Å². The molecule has 1 heterocycles. The molecule has 0 aliphatic rings. The molecule has 0 bridgehead atoms. The van der Waals surface area contributed by atoms with Gasteiger partial charge in [0, 0.05) is 30.0 Å². The maximum atomic E-state index is 12.4. The van der Waals surface area contributed by atoms with Crippen molar-refractivity contribution in [3.8, 4) is 11.3 Å². The molecule has 2 N–H and O–H groups in total. The maximum Gasteiger partial charge on any atom is 0.226 e. The molecule has 0 saturated carbocycles. The number of carbonyl (C=O) groups excluding carboxylic acids is 2. The molecule has 0 aliphatic carbocycles. The first-order chi connectivity index (χ1) is 14.6. The zero-order valence-electron chi connectivity index (χ0n) is 16.5. The third kappa shape index (κ3) is 4.90. The lowest BCUT2D eigenvalue weighted by atomic mass is 10.0. The number of nitrogens with zero attached hydrogens (tertiary/aromatic N) is 1. The van der Waals surface area contributed by atoms with Crippen molar-refractivity contribution >= 4 is 44.7 Å². The zero-order valence-corrected chi connectivity index (χ0v) is 17.3. The minimum absolute atomic E-state index is 0.0509. The Morgan fingerprint density at radius 2 is 1.70 bits per heavy atom. The van der Waals surface area contributed by atoms with Crippen molar-refractivity contribution in [2.75, 3.05) is 10.6 Å². The summed E-state index contributed by atoms with van der Waals surface area (Å²) in [6.07, 6.45) is 1.08. The summed E-state index contributed by atoms with van der Waals surface area (Å²) in [5, 5.41) is 10.5. The Morgan fingerprint density at radius 3 is 2.47 bits per heavy atom. The monoisotopic (exact) mass is 415 g/mol. The fraction of sp³-hybridized carbons (Fsp3) is 0.125. The number of nitrogens with one attached hydrogen (secondary N) is 2. The third-order valence-electron chi connectivity index (χ3n) is 4.71. The minimum atomic E-state index is -0.106. The summed E-state index contributed by atoms with van der Waals surface area (Å²) in [5.74, 6) is -0.157. The Morgan fingerprint density at radius 1 is 0.933 bits per heavy atom. The second-order valence-electron chi connectivity index (χ2n) is 7.03. The zero-order chi connectivity index (χ0) is 20.9. The summed E-state index contributed by atoms with van der Waals surface area (Å²) in [7, 11) is 0. The van der Waals surface area contributed by atoms with Gasteiger partial charge in [-0.15, -0.1) is 11.3 Å². The van der Waals surface area contributed by atoms with Crippen LogP contribution in [-0.4, -0.2) is 16.8 Å². The van der Waals surface area contributed by atoms with Gasteiger partial charge in [0.25, 0.3) is 0 Å². The molecular weight excluding hydrogens is 394 g/mol. The second-order valence-corrected chi connectivity index (χ2v) is 7.88. The number of amides is 2. The van der Waals surface area contributed by atoms with E-state index in [1.54, 1.807) is 0 Å². The van der Waals surface area contributed by atoms with Crippen LogP contribution in [0.1, 0.15) is 18.9 Å². The molecule has 0 spiro atoms. The molecule has 4 aromatic rings. The predicted molar refractivity (Wildman–Crippen MR) is 123 cm³/mol. The van der Waals surface area contributed by atoms with Gasteiger partial charge in [0.1, 0.15) is 0 Å². The number of carbonyl (C=O) groups is 2. The molecule has 4 rings (SSSR count). The van der Waals surface area contributed by atoms with Gasteiger partial charge in [0.05, 0.1) is 5.69 Å². The summed E-state index contributed by atoms with van der Waals surface area (Å²) < 4.78 is 0. The molecule has 0 atom stereocenters. The highest BCUT2D eigenvalue weighted by Gasteiger charge is 2.09. The lowest BCUT2D eigenvalue weighted by Crippen LogP contribution is -2.12. The van der Waals surface area contributed by atoms with Gasteiger partial charge >= 0.3 is 0 Å². The maximum absolute atomic E-state index is 12.4. The van der Waals surface area contributed by atoms with Crippen LogP contribution in [0.3, 0.4) is 0 Å². The van der Waals surface area contributed by atoms with Crippen LogP contribution in [0.2, 0.25) is 0 Å². The van der Waals surface area contributed by atoms with Crippen molar-refractivity contribution in [2.45, 2.75) is 19.8 Å². The quantitative estimate of drug-likeness (QED) is 0.437. The normalized spacial score (nSPS) is 10.7. The topological polar surface area (TPSA) is 71.1 Å². The highest BCUT2D eigenvalue weighted by atomic mass is 32.1. The molecule has 0 aliphatic heterocycles. The van der Waals surface area contributed by atoms with E-state index in [4.69, 9.17) is 0 Å². The number of anilines is 2. The third-order valence-corrected chi connectivity index (χ3v) is 5.46. The molecule has 5 nitrogen and oxygen atoms in total. The van der Waals surface area contributed by atoms with Gasteiger partial charge < -0.3 is 10.6 Å². The number of aromatic nitrogens is 1. The van der Waals surface area contributed by atoms with Crippen molar-refractivity contribution in [1.82, 2.24) is 4.98 Å². The highest BCUT2D eigenvalue weighted by Crippen LogP contribution is 2.26. The van der Waals surface area contributed by atoms with Crippen molar-refractivity contribution in [1.29, 1.82) is 0 Å². The number of thiazole rings is 1. The number of hydrogen-bond acceptors (Lipinski definition) is 4. The van der Waals surface area contributed by atoms with E-state index in [9.17, 15) is 9.59 Å². The molecule has 0 radical (unpaired) electrons. The van der Waals surface area contributed by atoms with Crippen LogP contribution in [0.5, 0.6) is 0 Å². The molecule has 6 heteroatoms. The Bertz CT molecular complexity index is 1200. The molecule has 3 aromatic carbocycles. The van der Waals surface area contributed by atoms with E-state index in [-0.39, 0.29) is 11.8 Å². The van der Waals surface area contributed by atoms with Crippen LogP contribution in [0.25, 0.3) is 22.0 Å². The largest absolute Gasteiger partial charge is 0.326 e. The number of aryl methyl sites for hydroxylation is 1. The lowest BCUT2D eigenvalue weighted by Gasteiger charge is -2.04. The molecule has 150 valence electrons. The molecule has 0 saturated heterocycles. The number of fused-ring (bicyclic) bond motifs is 1. The van der Waals surface area contributed by atoms with Crippen LogP contribution in [0.4, 0.5) is 10.8 Å². The van der Waals surface area contributed by atoms with Gasteiger partial charge in [0.2, 0.25) is 11.8 Å². The van der Waals surface area contributed by atoms with Crippen molar-refractivity contribution in [3.05, 3.63) is 77.7 Å². The van der Waals surface area contributed by atoms with Gasteiger partial charge in [-0.3, -0.25) is 9.59 Å². The van der Waals surface area contributed by atoms with Gasteiger partial charge in [-0.2, -0.15) is 0 Å². The smallest absolute Gasteiger partial charge is 0.226 e. The Hall–Kier alpha value is -3.51. The first-order valence-electron chi connectivity index (χ1n) is 9.68. The molecule has 0 fully saturated rings. The van der Waals surface area contributed by atoms with Gasteiger partial charge in [-0.25, -0.2) is 4.98 Å². The van der Waals surface area contributed by atoms with Gasteiger partial charge in [0.15, 0.2) is 5.13 Å². The summed E-state index contributed by atoms with van der Waals surface area (Å²) in [6.45, 7) is 1.48. The van der Waals surface area contributed by atoms with E-state index in [2.05, 4.69) is 45.9 Å². The van der Waals surface area contributed by atoms with Gasteiger partial charge in [-0.05, 0) is 34.9 Å². The summed E-state index contributed by atoms with van der Waals surface area (Å²) in [4.78, 5) is 28.0. The number of benzene rings is 3. The average Bonchev–Trinajstić information content (AvgIpc) is 3.20. The Kier molecular flexibility index (Phi) is 5.86. The number of rotatable bonds is 6. The van der Waals surface area contributed by atoms with E-state index in [1.807, 2.05) is 41.8 Å². The molecule has 0 unspecified atom stereocenters. The lowest BCUT2D eigenvalue weighted by molar-refractivity contribution is -0.116. The van der Waals surface area contributed by atoms with E-state index in [0.717, 1.165) is 22.5 Å². The standard InChI is InChI=1S/C24H21N3O2S/c1-16(28)25-21-11-9-19(10-12-21)22-15-30-24(26-22)27-23(29)13-7-17-6-8-18-4-2-3-5-20(18)14-17/h2-6,8-12,14-15H,7,13H2,1H3,(H,25,28)(H,26,27,29). The van der Waals surface area contributed by atoms with E-state index >= 15 is 0 Å². The van der Waals surface area contributed by atoms with Crippen molar-refractivity contribution < 1.29 is 9.59 Å². The molecule has 30 heavy (non-hydrogen) atoms. The molecular formula is C24H21N3O2S. The average molecular weight is 416 g/mol. The van der Waals surface area contributed by atoms with Crippen LogP contribution >= 0.6 is 11.3 Å². The second kappa shape index (κ2) is 8.88. The van der Waals surface area contributed by atoms with Gasteiger partial charge in [-0.1, -0.05) is 54.6 Å². The first kappa shape index (κ1) is 19.8. The van der Waals surface area contributed by atoms with Crippen molar-refractivity contribution in [2.24, 2.45) is 0 Å². The van der Waals surface area contributed by atoms with Crippen molar-refractivity contribution in [3.63, 3.8) is 0 Å². The molecule has 2 amide bonds. The SMILES string of the molecule is CC(=O)Nc1ccc(-c2csc(NC(=O)CCc3ccc4ccccc4c3)n2)cc1.